The van der Waals surface area contributed by atoms with Crippen molar-refractivity contribution in [1.29, 1.82) is 0 Å². The fourth-order valence-electron chi connectivity index (χ4n) is 2.61. The maximum atomic E-state index is 10.4. The van der Waals surface area contributed by atoms with Crippen LogP contribution < -0.4 is 0 Å². The Labute approximate surface area is 127 Å². The van der Waals surface area contributed by atoms with E-state index in [0.29, 0.717) is 6.04 Å². The molecule has 1 fully saturated rings. The van der Waals surface area contributed by atoms with Gasteiger partial charge in [0.1, 0.15) is 4.88 Å². The highest BCUT2D eigenvalue weighted by atomic mass is 32.1. The van der Waals surface area contributed by atoms with Crippen LogP contribution in [0.3, 0.4) is 0 Å². The fourth-order valence-corrected chi connectivity index (χ4v) is 3.93. The molecular weight excluding hydrogens is 288 g/mol. The zero-order valence-electron chi connectivity index (χ0n) is 11.0. The van der Waals surface area contributed by atoms with E-state index in [1.54, 1.807) is 6.21 Å². The predicted octanol–water partition coefficient (Wildman–Crippen LogP) is 4.85. The number of hydrogen-bond donors (Lipinski definition) is 1. The largest absolute Gasteiger partial charge is 0.493 e. The van der Waals surface area contributed by atoms with Crippen molar-refractivity contribution in [2.24, 2.45) is 4.99 Å². The summed E-state index contributed by atoms with van der Waals surface area (Å²) in [5.41, 5.74) is 0.874. The van der Waals surface area contributed by atoms with Gasteiger partial charge in [-0.25, -0.2) is 0 Å². The second-order valence-electron chi connectivity index (χ2n) is 4.96. The molecule has 5 heteroatoms. The van der Waals surface area contributed by atoms with Crippen molar-refractivity contribution >= 4 is 35.5 Å². The Morgan fingerprint density at radius 3 is 2.65 bits per heavy atom. The normalized spacial score (nSPS) is 16.2. The number of benzene rings is 1. The summed E-state index contributed by atoms with van der Waals surface area (Å²) in [5, 5.41) is 10.4. The molecule has 3 rings (SSSR count). The molecule has 1 N–H and O–H groups in total. The van der Waals surface area contributed by atoms with Crippen molar-refractivity contribution in [3.05, 3.63) is 39.2 Å². The molecule has 0 amide bonds. The third-order valence-corrected chi connectivity index (χ3v) is 4.95. The summed E-state index contributed by atoms with van der Waals surface area (Å²) in [4.78, 5) is 5.13. The van der Waals surface area contributed by atoms with Gasteiger partial charge in [0.15, 0.2) is 3.95 Å². The van der Waals surface area contributed by atoms with Crippen LogP contribution >= 0.6 is 23.6 Å². The predicted molar refractivity (Wildman–Crippen MR) is 86.0 cm³/mol. The number of para-hydroxylation sites is 1. The van der Waals surface area contributed by atoms with Crippen LogP contribution in [0, 0.1) is 3.95 Å². The molecule has 1 aliphatic rings. The second kappa shape index (κ2) is 5.89. The molecular formula is C15H16N2OS2. The quantitative estimate of drug-likeness (QED) is 0.650. The molecule has 1 aromatic heterocycles. The number of aliphatic imine (C=N–C) groups is 1. The minimum atomic E-state index is 0.270. The third-order valence-electron chi connectivity index (χ3n) is 3.62. The first-order valence-corrected chi connectivity index (χ1v) is 8.01. The summed E-state index contributed by atoms with van der Waals surface area (Å²) in [6, 6.07) is 10.1. The van der Waals surface area contributed by atoms with Crippen molar-refractivity contribution in [3.8, 4) is 5.88 Å². The molecule has 20 heavy (non-hydrogen) atoms. The molecule has 0 saturated heterocycles. The van der Waals surface area contributed by atoms with Gasteiger partial charge in [0.2, 0.25) is 5.88 Å². The molecule has 1 aliphatic carbocycles. The Morgan fingerprint density at radius 2 is 1.95 bits per heavy atom. The van der Waals surface area contributed by atoms with Crippen molar-refractivity contribution in [2.75, 3.05) is 0 Å². The minimum Gasteiger partial charge on any atom is -0.493 e. The molecule has 0 atom stereocenters. The molecule has 3 nitrogen and oxygen atoms in total. The van der Waals surface area contributed by atoms with Gasteiger partial charge in [-0.15, -0.1) is 0 Å². The van der Waals surface area contributed by atoms with Crippen molar-refractivity contribution in [3.63, 3.8) is 0 Å². The highest BCUT2D eigenvalue weighted by molar-refractivity contribution is 7.73. The SMILES string of the molecule is Oc1c(C=Nc2ccccc2)sc(=S)n1C1CCCC1. The summed E-state index contributed by atoms with van der Waals surface area (Å²) in [6.07, 6.45) is 6.35. The Morgan fingerprint density at radius 1 is 1.25 bits per heavy atom. The van der Waals surface area contributed by atoms with E-state index in [0.717, 1.165) is 27.4 Å². The summed E-state index contributed by atoms with van der Waals surface area (Å²) < 4.78 is 2.64. The minimum absolute atomic E-state index is 0.270. The van der Waals surface area contributed by atoms with Gasteiger partial charge in [-0.2, -0.15) is 0 Å². The zero-order valence-corrected chi connectivity index (χ0v) is 12.7. The van der Waals surface area contributed by atoms with E-state index >= 15 is 0 Å². The van der Waals surface area contributed by atoms with Crippen LogP contribution in [-0.2, 0) is 0 Å². The molecule has 0 radical (unpaired) electrons. The highest BCUT2D eigenvalue weighted by Gasteiger charge is 2.22. The maximum Gasteiger partial charge on any atom is 0.212 e. The maximum absolute atomic E-state index is 10.4. The van der Waals surface area contributed by atoms with Crippen molar-refractivity contribution < 1.29 is 5.11 Å². The third kappa shape index (κ3) is 2.69. The van der Waals surface area contributed by atoms with Gasteiger partial charge >= 0.3 is 0 Å². The first-order valence-electron chi connectivity index (χ1n) is 6.79. The number of nitrogens with zero attached hydrogens (tertiary/aromatic N) is 2. The molecule has 1 heterocycles. The number of aromatic hydroxyl groups is 1. The summed E-state index contributed by atoms with van der Waals surface area (Å²) in [5.74, 6) is 0.270. The van der Waals surface area contributed by atoms with Gasteiger partial charge in [0.05, 0.1) is 11.9 Å². The van der Waals surface area contributed by atoms with E-state index in [2.05, 4.69) is 4.99 Å². The van der Waals surface area contributed by atoms with Crippen LogP contribution in [0.15, 0.2) is 35.3 Å². The monoisotopic (exact) mass is 304 g/mol. The Hall–Kier alpha value is -1.46. The first kappa shape index (κ1) is 13.5. The lowest BCUT2D eigenvalue weighted by atomic mass is 10.2. The van der Waals surface area contributed by atoms with Crippen LogP contribution in [0.5, 0.6) is 5.88 Å². The number of hydrogen-bond acceptors (Lipinski definition) is 4. The fraction of sp³-hybridized carbons (Fsp3) is 0.333. The Balaban J connectivity index is 1.90. The van der Waals surface area contributed by atoms with E-state index in [1.165, 1.54) is 24.2 Å². The van der Waals surface area contributed by atoms with E-state index in [4.69, 9.17) is 12.2 Å². The lowest BCUT2D eigenvalue weighted by Gasteiger charge is -2.11. The standard InChI is InChI=1S/C15H16N2OS2/c18-14-13(10-16-11-6-2-1-3-7-11)20-15(19)17(14)12-8-4-5-9-12/h1-3,6-7,10,12,18H,4-5,8-9H2. The van der Waals surface area contributed by atoms with Gasteiger partial charge in [-0.3, -0.25) is 9.56 Å². The number of thiazole rings is 1. The molecule has 0 aliphatic heterocycles. The van der Waals surface area contributed by atoms with E-state index in [9.17, 15) is 5.11 Å². The van der Waals surface area contributed by atoms with Crippen molar-refractivity contribution in [2.45, 2.75) is 31.7 Å². The molecule has 1 aromatic carbocycles. The first-order chi connectivity index (χ1) is 9.75. The molecule has 1 saturated carbocycles. The average molecular weight is 304 g/mol. The van der Waals surface area contributed by atoms with Gasteiger partial charge in [0.25, 0.3) is 0 Å². The highest BCUT2D eigenvalue weighted by Crippen LogP contribution is 2.36. The molecule has 2 aromatic rings. The molecule has 104 valence electrons. The van der Waals surface area contributed by atoms with E-state index in [1.807, 2.05) is 34.9 Å². The van der Waals surface area contributed by atoms with E-state index < -0.39 is 0 Å². The van der Waals surface area contributed by atoms with Gasteiger partial charge in [0, 0.05) is 6.04 Å². The summed E-state index contributed by atoms with van der Waals surface area (Å²) in [7, 11) is 0. The molecule has 0 bridgehead atoms. The van der Waals surface area contributed by atoms with Crippen molar-refractivity contribution in [1.82, 2.24) is 4.57 Å². The van der Waals surface area contributed by atoms with E-state index in [-0.39, 0.29) is 5.88 Å². The van der Waals surface area contributed by atoms with Gasteiger partial charge in [-0.05, 0) is 37.2 Å². The van der Waals surface area contributed by atoms with Crippen LogP contribution in [0.25, 0.3) is 0 Å². The topological polar surface area (TPSA) is 37.5 Å². The average Bonchev–Trinajstić information content (AvgIpc) is 3.06. The number of aromatic nitrogens is 1. The zero-order chi connectivity index (χ0) is 13.9. The Bertz CT molecular complexity index is 667. The van der Waals surface area contributed by atoms with Crippen LogP contribution in [0.4, 0.5) is 5.69 Å². The smallest absolute Gasteiger partial charge is 0.212 e. The summed E-state index contributed by atoms with van der Waals surface area (Å²) in [6.45, 7) is 0. The van der Waals surface area contributed by atoms with Crippen LogP contribution in [0.2, 0.25) is 0 Å². The summed E-state index contributed by atoms with van der Waals surface area (Å²) >= 11 is 6.81. The lowest BCUT2D eigenvalue weighted by Crippen LogP contribution is -2.03. The van der Waals surface area contributed by atoms with Gasteiger partial charge < -0.3 is 5.11 Å². The Kier molecular flexibility index (Phi) is 3.98. The molecule has 0 spiro atoms. The van der Waals surface area contributed by atoms with Crippen LogP contribution in [-0.4, -0.2) is 15.9 Å². The van der Waals surface area contributed by atoms with Crippen LogP contribution in [0.1, 0.15) is 36.6 Å². The molecule has 0 unspecified atom stereocenters. The number of rotatable bonds is 3. The van der Waals surface area contributed by atoms with Gasteiger partial charge in [-0.1, -0.05) is 42.4 Å². The second-order valence-corrected chi connectivity index (χ2v) is 6.63. The lowest BCUT2D eigenvalue weighted by molar-refractivity contribution is 0.380.